The fourth-order valence-corrected chi connectivity index (χ4v) is 2.77. The van der Waals surface area contributed by atoms with Crippen molar-refractivity contribution in [3.63, 3.8) is 0 Å². The number of aryl methyl sites for hydroxylation is 1. The number of ether oxygens (including phenoxy) is 1. The Labute approximate surface area is 155 Å². The third kappa shape index (κ3) is 3.39. The number of fused-ring (bicyclic) bond motifs is 1. The third-order valence-corrected chi connectivity index (χ3v) is 4.09. The van der Waals surface area contributed by atoms with Gasteiger partial charge < -0.3 is 9.26 Å². The Hall–Kier alpha value is -3.61. The first-order chi connectivity index (χ1) is 13.1. The molecule has 0 aliphatic carbocycles. The Balaban J connectivity index is 1.74. The number of hydrogen-bond donors (Lipinski definition) is 0. The van der Waals surface area contributed by atoms with Crippen molar-refractivity contribution in [2.45, 2.75) is 20.0 Å². The van der Waals surface area contributed by atoms with Gasteiger partial charge in [0.2, 0.25) is 0 Å². The quantitative estimate of drug-likeness (QED) is 0.510. The number of rotatable bonds is 4. The smallest absolute Gasteiger partial charge is 0.339 e. The molecule has 4 rings (SSSR count). The lowest BCUT2D eigenvalue weighted by molar-refractivity contribution is 0.0267. The van der Waals surface area contributed by atoms with E-state index in [0.29, 0.717) is 28.0 Å². The molecule has 0 aliphatic heterocycles. The van der Waals surface area contributed by atoms with Crippen molar-refractivity contribution in [3.05, 3.63) is 72.1 Å². The van der Waals surface area contributed by atoms with E-state index in [0.717, 1.165) is 5.56 Å². The highest BCUT2D eigenvalue weighted by molar-refractivity contribution is 6.04. The first kappa shape index (κ1) is 16.8. The number of para-hydroxylation sites is 1. The summed E-state index contributed by atoms with van der Waals surface area (Å²) in [6.07, 6.45) is 2.71. The van der Waals surface area contributed by atoms with Gasteiger partial charge in [-0.25, -0.2) is 9.78 Å². The number of hydrogen-bond acceptors (Lipinski definition) is 7. The Bertz CT molecular complexity index is 1110. The standard InChI is InChI=1S/C20H16N4O3/c1-12(19-22-13(2)24-27-19)26-20(25)16-11-18(14-7-9-21-10-8-14)23-17-6-4-3-5-15(16)17/h3-12H,1-2H3/t12-/m0/s1. The van der Waals surface area contributed by atoms with Gasteiger partial charge in [0.25, 0.3) is 5.89 Å². The van der Waals surface area contributed by atoms with Gasteiger partial charge in [0.05, 0.1) is 16.8 Å². The van der Waals surface area contributed by atoms with E-state index >= 15 is 0 Å². The number of nitrogens with zero attached hydrogens (tertiary/aromatic N) is 4. The average Bonchev–Trinajstić information content (AvgIpc) is 3.14. The highest BCUT2D eigenvalue weighted by Gasteiger charge is 2.21. The molecule has 3 aromatic heterocycles. The molecule has 1 atom stereocenters. The normalized spacial score (nSPS) is 12.1. The van der Waals surface area contributed by atoms with Gasteiger partial charge in [-0.15, -0.1) is 0 Å². The molecule has 0 aliphatic rings. The van der Waals surface area contributed by atoms with E-state index in [1.165, 1.54) is 0 Å². The van der Waals surface area contributed by atoms with E-state index in [1.54, 1.807) is 32.3 Å². The van der Waals surface area contributed by atoms with Crippen LogP contribution in [-0.2, 0) is 4.74 Å². The van der Waals surface area contributed by atoms with Crippen molar-refractivity contribution in [1.29, 1.82) is 0 Å². The van der Waals surface area contributed by atoms with Crippen molar-refractivity contribution in [1.82, 2.24) is 20.1 Å². The second-order valence-electron chi connectivity index (χ2n) is 6.04. The monoisotopic (exact) mass is 360 g/mol. The number of carbonyl (C=O) groups is 1. The van der Waals surface area contributed by atoms with Crippen LogP contribution in [0.4, 0.5) is 0 Å². The van der Waals surface area contributed by atoms with Gasteiger partial charge in [-0.3, -0.25) is 4.98 Å². The van der Waals surface area contributed by atoms with Gasteiger partial charge in [-0.05, 0) is 38.1 Å². The van der Waals surface area contributed by atoms with Crippen LogP contribution in [0.3, 0.4) is 0 Å². The van der Waals surface area contributed by atoms with E-state index in [9.17, 15) is 4.79 Å². The predicted molar refractivity (Wildman–Crippen MR) is 97.8 cm³/mol. The fourth-order valence-electron chi connectivity index (χ4n) is 2.77. The Kier molecular flexibility index (Phi) is 4.33. The van der Waals surface area contributed by atoms with Crippen molar-refractivity contribution in [2.75, 3.05) is 0 Å². The van der Waals surface area contributed by atoms with Gasteiger partial charge >= 0.3 is 5.97 Å². The van der Waals surface area contributed by atoms with Gasteiger partial charge in [-0.1, -0.05) is 23.4 Å². The zero-order valence-electron chi connectivity index (χ0n) is 14.8. The van der Waals surface area contributed by atoms with E-state index in [-0.39, 0.29) is 5.89 Å². The molecule has 0 amide bonds. The van der Waals surface area contributed by atoms with Crippen LogP contribution < -0.4 is 0 Å². The molecule has 0 N–H and O–H groups in total. The number of esters is 1. The number of aromatic nitrogens is 4. The molecule has 0 bridgehead atoms. The van der Waals surface area contributed by atoms with Crippen LogP contribution >= 0.6 is 0 Å². The summed E-state index contributed by atoms with van der Waals surface area (Å²) in [6.45, 7) is 3.40. The lowest BCUT2D eigenvalue weighted by Crippen LogP contribution is -2.11. The largest absolute Gasteiger partial charge is 0.449 e. The van der Waals surface area contributed by atoms with Gasteiger partial charge in [0, 0.05) is 23.3 Å². The van der Waals surface area contributed by atoms with Crippen LogP contribution in [0.1, 0.15) is 35.1 Å². The summed E-state index contributed by atoms with van der Waals surface area (Å²) < 4.78 is 10.6. The minimum atomic E-state index is -0.657. The van der Waals surface area contributed by atoms with E-state index in [1.807, 2.05) is 36.4 Å². The molecule has 7 nitrogen and oxygen atoms in total. The molecule has 0 spiro atoms. The van der Waals surface area contributed by atoms with Crippen molar-refractivity contribution in [3.8, 4) is 11.3 Å². The second-order valence-corrected chi connectivity index (χ2v) is 6.04. The summed E-state index contributed by atoms with van der Waals surface area (Å²) in [5.74, 6) is 0.267. The first-order valence-corrected chi connectivity index (χ1v) is 8.43. The lowest BCUT2D eigenvalue weighted by Gasteiger charge is -2.12. The topological polar surface area (TPSA) is 91.0 Å². The van der Waals surface area contributed by atoms with Crippen molar-refractivity contribution < 1.29 is 14.1 Å². The molecule has 0 unspecified atom stereocenters. The molecule has 1 aromatic carbocycles. The number of carbonyl (C=O) groups excluding carboxylic acids is 1. The molecular formula is C20H16N4O3. The maximum atomic E-state index is 12.9. The van der Waals surface area contributed by atoms with Crippen LogP contribution in [0.25, 0.3) is 22.2 Å². The summed E-state index contributed by atoms with van der Waals surface area (Å²) >= 11 is 0. The minimum Gasteiger partial charge on any atom is -0.449 e. The van der Waals surface area contributed by atoms with Crippen LogP contribution in [0.2, 0.25) is 0 Å². The molecule has 0 saturated carbocycles. The van der Waals surface area contributed by atoms with Crippen molar-refractivity contribution in [2.24, 2.45) is 0 Å². The van der Waals surface area contributed by atoms with Crippen LogP contribution in [0.5, 0.6) is 0 Å². The molecule has 0 fully saturated rings. The highest BCUT2D eigenvalue weighted by Crippen LogP contribution is 2.26. The summed E-state index contributed by atoms with van der Waals surface area (Å²) in [5.41, 5.74) is 2.67. The second kappa shape index (κ2) is 6.95. The van der Waals surface area contributed by atoms with E-state index in [2.05, 4.69) is 20.1 Å². The van der Waals surface area contributed by atoms with Gasteiger partial charge in [0.1, 0.15) is 0 Å². The van der Waals surface area contributed by atoms with Gasteiger partial charge in [-0.2, -0.15) is 4.98 Å². The van der Waals surface area contributed by atoms with Gasteiger partial charge in [0.15, 0.2) is 11.9 Å². The molecule has 0 radical (unpaired) electrons. The summed E-state index contributed by atoms with van der Waals surface area (Å²) in [6, 6.07) is 12.9. The molecular weight excluding hydrogens is 344 g/mol. The number of pyridine rings is 2. The van der Waals surface area contributed by atoms with E-state index in [4.69, 9.17) is 9.26 Å². The molecule has 7 heteroatoms. The SMILES string of the molecule is Cc1noc([C@H](C)OC(=O)c2cc(-c3ccncc3)nc3ccccc23)n1. The maximum Gasteiger partial charge on any atom is 0.339 e. The number of benzene rings is 1. The summed E-state index contributed by atoms with van der Waals surface area (Å²) in [4.78, 5) is 25.7. The zero-order chi connectivity index (χ0) is 18.8. The van der Waals surface area contributed by atoms with Crippen LogP contribution in [0.15, 0.2) is 59.4 Å². The third-order valence-electron chi connectivity index (χ3n) is 4.09. The highest BCUT2D eigenvalue weighted by atomic mass is 16.6. The Morgan fingerprint density at radius 2 is 1.89 bits per heavy atom. The van der Waals surface area contributed by atoms with Crippen LogP contribution in [0, 0.1) is 6.92 Å². The average molecular weight is 360 g/mol. The molecule has 3 heterocycles. The van der Waals surface area contributed by atoms with E-state index < -0.39 is 12.1 Å². The van der Waals surface area contributed by atoms with Crippen LogP contribution in [-0.4, -0.2) is 26.1 Å². The minimum absolute atomic E-state index is 0.258. The lowest BCUT2D eigenvalue weighted by atomic mass is 10.0. The molecule has 134 valence electrons. The molecule has 0 saturated heterocycles. The Morgan fingerprint density at radius 1 is 1.11 bits per heavy atom. The Morgan fingerprint density at radius 3 is 2.63 bits per heavy atom. The molecule has 4 aromatic rings. The summed E-state index contributed by atoms with van der Waals surface area (Å²) in [5, 5.41) is 4.44. The first-order valence-electron chi connectivity index (χ1n) is 8.43. The predicted octanol–water partition coefficient (Wildman–Crippen LogP) is 3.91. The fraction of sp³-hybridized carbons (Fsp3) is 0.150. The zero-order valence-corrected chi connectivity index (χ0v) is 14.8. The molecule has 27 heavy (non-hydrogen) atoms. The summed E-state index contributed by atoms with van der Waals surface area (Å²) in [7, 11) is 0. The maximum absolute atomic E-state index is 12.9. The van der Waals surface area contributed by atoms with Crippen molar-refractivity contribution >= 4 is 16.9 Å².